The van der Waals surface area contributed by atoms with Crippen molar-refractivity contribution in [3.8, 4) is 0 Å². The third-order valence-electron chi connectivity index (χ3n) is 4.20. The number of carbonyl (C=O) groups excluding carboxylic acids is 1. The Kier molecular flexibility index (Phi) is 9.88. The Morgan fingerprint density at radius 1 is 1.30 bits per heavy atom. The zero-order valence-electron chi connectivity index (χ0n) is 15.7. The molecule has 0 radical (unpaired) electrons. The van der Waals surface area contributed by atoms with E-state index in [2.05, 4.69) is 5.32 Å². The summed E-state index contributed by atoms with van der Waals surface area (Å²) in [7, 11) is 0. The van der Waals surface area contributed by atoms with Gasteiger partial charge in [0.15, 0.2) is 11.6 Å². The second kappa shape index (κ2) is 11.6. The van der Waals surface area contributed by atoms with Gasteiger partial charge in [-0.05, 0) is 43.4 Å². The number of nitrogens with two attached hydrogens (primary N) is 1. The molecule has 0 aliphatic heterocycles. The summed E-state index contributed by atoms with van der Waals surface area (Å²) < 4.78 is 31.8. The zero-order valence-corrected chi connectivity index (χ0v) is 15.7. The number of halogens is 2. The van der Waals surface area contributed by atoms with Crippen molar-refractivity contribution in [3.63, 3.8) is 0 Å². The molecule has 1 aromatic rings. The molecule has 3 atom stereocenters. The van der Waals surface area contributed by atoms with Crippen molar-refractivity contribution in [2.75, 3.05) is 6.61 Å². The second-order valence-corrected chi connectivity index (χ2v) is 6.57. The van der Waals surface area contributed by atoms with Crippen LogP contribution < -0.4 is 11.1 Å². The van der Waals surface area contributed by atoms with E-state index in [1.807, 2.05) is 6.92 Å². The first-order valence-corrected chi connectivity index (χ1v) is 9.02. The fourth-order valence-corrected chi connectivity index (χ4v) is 2.83. The smallest absolute Gasteiger partial charge is 0.300 e. The van der Waals surface area contributed by atoms with Crippen LogP contribution in [0.3, 0.4) is 0 Å². The predicted molar refractivity (Wildman–Crippen MR) is 96.9 cm³/mol. The highest BCUT2D eigenvalue weighted by atomic mass is 19.2. The molecular formula is C19H28F2N2O4. The van der Waals surface area contributed by atoms with E-state index in [1.165, 1.54) is 6.07 Å². The van der Waals surface area contributed by atoms with Gasteiger partial charge in [-0.15, -0.1) is 0 Å². The van der Waals surface area contributed by atoms with Crippen LogP contribution in [-0.2, 0) is 20.9 Å². The molecule has 2 rings (SSSR count). The number of ether oxygens (including phenoxy) is 1. The number of carbonyl (C=O) groups is 2. The van der Waals surface area contributed by atoms with Crippen LogP contribution in [0.5, 0.6) is 0 Å². The van der Waals surface area contributed by atoms with Crippen molar-refractivity contribution in [1.82, 2.24) is 5.32 Å². The molecule has 0 saturated heterocycles. The molecule has 8 heteroatoms. The van der Waals surface area contributed by atoms with Gasteiger partial charge in [0.1, 0.15) is 0 Å². The molecule has 6 nitrogen and oxygen atoms in total. The van der Waals surface area contributed by atoms with E-state index in [0.29, 0.717) is 18.6 Å². The third-order valence-corrected chi connectivity index (χ3v) is 4.20. The maximum Gasteiger partial charge on any atom is 0.300 e. The van der Waals surface area contributed by atoms with Crippen LogP contribution >= 0.6 is 0 Å². The van der Waals surface area contributed by atoms with Crippen LogP contribution in [0.15, 0.2) is 18.2 Å². The van der Waals surface area contributed by atoms with Crippen LogP contribution in [-0.4, -0.2) is 35.7 Å². The van der Waals surface area contributed by atoms with Crippen LogP contribution in [0.1, 0.15) is 45.1 Å². The first kappa shape index (κ1) is 23.0. The van der Waals surface area contributed by atoms with Crippen molar-refractivity contribution in [2.45, 2.75) is 58.2 Å². The highest BCUT2D eigenvalue weighted by Crippen LogP contribution is 2.26. The minimum Gasteiger partial charge on any atom is -0.481 e. The summed E-state index contributed by atoms with van der Waals surface area (Å²) in [5.74, 6) is -2.88. The van der Waals surface area contributed by atoms with Gasteiger partial charge in [-0.3, -0.25) is 9.59 Å². The topological polar surface area (TPSA) is 102 Å². The third kappa shape index (κ3) is 8.45. The maximum atomic E-state index is 13.2. The number of amides is 1. The summed E-state index contributed by atoms with van der Waals surface area (Å²) >= 11 is 0. The number of nitrogens with one attached hydrogen (secondary N) is 1. The number of carboxylic acid groups (broad SMARTS) is 1. The molecule has 0 heterocycles. The van der Waals surface area contributed by atoms with Gasteiger partial charge >= 0.3 is 0 Å². The summed E-state index contributed by atoms with van der Waals surface area (Å²) in [5, 5.41) is 10.2. The van der Waals surface area contributed by atoms with Gasteiger partial charge in [0.25, 0.3) is 5.97 Å². The second-order valence-electron chi connectivity index (χ2n) is 6.57. The summed E-state index contributed by atoms with van der Waals surface area (Å²) in [6, 6.07) is 3.59. The quantitative estimate of drug-likeness (QED) is 0.698. The van der Waals surface area contributed by atoms with Gasteiger partial charge in [0, 0.05) is 32.0 Å². The first-order valence-electron chi connectivity index (χ1n) is 9.02. The van der Waals surface area contributed by atoms with Crippen molar-refractivity contribution < 1.29 is 28.2 Å². The molecule has 1 saturated carbocycles. The molecule has 0 unspecified atom stereocenters. The lowest BCUT2D eigenvalue weighted by atomic mass is 9.83. The van der Waals surface area contributed by atoms with Crippen molar-refractivity contribution in [3.05, 3.63) is 35.4 Å². The van der Waals surface area contributed by atoms with E-state index in [-0.39, 0.29) is 30.5 Å². The Balaban J connectivity index is 0.000000828. The van der Waals surface area contributed by atoms with Gasteiger partial charge in [-0.1, -0.05) is 13.0 Å². The summed E-state index contributed by atoms with van der Waals surface area (Å²) in [6.45, 7) is 3.93. The molecule has 0 aromatic heterocycles. The van der Waals surface area contributed by atoms with Gasteiger partial charge in [0.05, 0.1) is 6.10 Å². The number of hydrogen-bond donors (Lipinski definition) is 3. The molecule has 1 amide bonds. The lowest BCUT2D eigenvalue weighted by Gasteiger charge is -2.33. The number of hydrogen-bond acceptors (Lipinski definition) is 4. The molecular weight excluding hydrogens is 358 g/mol. The molecule has 1 aliphatic carbocycles. The molecule has 27 heavy (non-hydrogen) atoms. The Morgan fingerprint density at radius 3 is 2.56 bits per heavy atom. The van der Waals surface area contributed by atoms with Crippen molar-refractivity contribution in [1.29, 1.82) is 0 Å². The highest BCUT2D eigenvalue weighted by Gasteiger charge is 2.32. The van der Waals surface area contributed by atoms with Crippen LogP contribution in [0.4, 0.5) is 8.78 Å². The number of rotatable bonds is 6. The Bertz CT molecular complexity index is 624. The maximum absolute atomic E-state index is 13.2. The average molecular weight is 386 g/mol. The van der Waals surface area contributed by atoms with Crippen LogP contribution in [0, 0.1) is 17.6 Å². The van der Waals surface area contributed by atoms with Crippen molar-refractivity contribution >= 4 is 11.9 Å². The van der Waals surface area contributed by atoms with E-state index >= 15 is 0 Å². The minimum absolute atomic E-state index is 0.0307. The number of aliphatic carboxylic acids is 1. The molecule has 1 aromatic carbocycles. The Labute approximate surface area is 158 Å². The fraction of sp³-hybridized carbons (Fsp3) is 0.579. The molecule has 1 fully saturated rings. The number of carboxylic acids is 1. The largest absolute Gasteiger partial charge is 0.481 e. The fourth-order valence-electron chi connectivity index (χ4n) is 2.83. The van der Waals surface area contributed by atoms with E-state index in [1.54, 1.807) is 0 Å². The zero-order chi connectivity index (χ0) is 20.4. The van der Waals surface area contributed by atoms with E-state index in [4.69, 9.17) is 20.4 Å². The van der Waals surface area contributed by atoms with E-state index < -0.39 is 17.6 Å². The first-order chi connectivity index (χ1) is 12.7. The van der Waals surface area contributed by atoms with E-state index in [9.17, 15) is 13.6 Å². The molecule has 4 N–H and O–H groups in total. The lowest BCUT2D eigenvalue weighted by molar-refractivity contribution is -0.134. The van der Waals surface area contributed by atoms with Gasteiger partial charge < -0.3 is 20.9 Å². The highest BCUT2D eigenvalue weighted by molar-refractivity contribution is 5.78. The van der Waals surface area contributed by atoms with Gasteiger partial charge in [-0.25, -0.2) is 8.78 Å². The van der Waals surface area contributed by atoms with Gasteiger partial charge in [-0.2, -0.15) is 0 Å². The van der Waals surface area contributed by atoms with Crippen molar-refractivity contribution in [2.24, 2.45) is 11.7 Å². The Morgan fingerprint density at radius 2 is 1.96 bits per heavy atom. The average Bonchev–Trinajstić information content (AvgIpc) is 2.61. The summed E-state index contributed by atoms with van der Waals surface area (Å²) in [4.78, 5) is 21.3. The van der Waals surface area contributed by atoms with E-state index in [0.717, 1.165) is 38.3 Å². The molecule has 0 bridgehead atoms. The summed E-state index contributed by atoms with van der Waals surface area (Å²) in [6.07, 6.45) is 2.89. The minimum atomic E-state index is -0.909. The SMILES string of the molecule is CC(=O)O.CCCO[C@@H]1C[C@@H](C(=O)NCc2ccc(F)c(F)c2)CC[C@H]1N. The monoisotopic (exact) mass is 386 g/mol. The van der Waals surface area contributed by atoms with Crippen LogP contribution in [0.2, 0.25) is 0 Å². The molecule has 0 spiro atoms. The van der Waals surface area contributed by atoms with Gasteiger partial charge in [0.2, 0.25) is 5.91 Å². The summed E-state index contributed by atoms with van der Waals surface area (Å²) in [5.41, 5.74) is 6.58. The lowest BCUT2D eigenvalue weighted by Crippen LogP contribution is -2.45. The molecule has 1 aliphatic rings. The van der Waals surface area contributed by atoms with Crippen LogP contribution in [0.25, 0.3) is 0 Å². The number of benzene rings is 1. The Hall–Kier alpha value is -2.06. The molecule has 152 valence electrons. The normalized spacial score (nSPS) is 21.7. The standard InChI is InChI=1S/C17H24F2N2O2.C2H4O2/c1-2-7-23-16-9-12(4-6-15(16)20)17(22)21-10-11-3-5-13(18)14(19)8-11;1-2(3)4/h3,5,8,12,15-16H,2,4,6-7,9-10,20H2,1H3,(H,21,22);1H3,(H,3,4)/t12-,15+,16+;/m0./s1. The predicted octanol–water partition coefficient (Wildman–Crippen LogP) is 2.59.